The molecule has 0 radical (unpaired) electrons. The van der Waals surface area contributed by atoms with E-state index in [1.54, 1.807) is 24.4 Å². The molecular weight excluding hydrogens is 357 g/mol. The molecular formula is C19H21F3N4O. The standard InChI is InChI=1S/C19H21F3N4O/c1-3-15(23)17-16(26-10-12(20)11-26)8-9-24-18(17)25-13-4-6-14(7-5-13)27-19(2,21)22/h4-9,12,23H,3,10-11H2,1-2H3,(H,24,25). The highest BCUT2D eigenvalue weighted by atomic mass is 19.3. The number of halogens is 3. The summed E-state index contributed by atoms with van der Waals surface area (Å²) in [5, 5.41) is 11.4. The first-order valence-corrected chi connectivity index (χ1v) is 8.66. The van der Waals surface area contributed by atoms with Crippen LogP contribution in [0.5, 0.6) is 5.75 Å². The number of nitrogens with one attached hydrogen (secondary N) is 2. The number of benzene rings is 1. The van der Waals surface area contributed by atoms with Crippen molar-refractivity contribution in [2.45, 2.75) is 32.5 Å². The van der Waals surface area contributed by atoms with Crippen molar-refractivity contribution in [1.29, 1.82) is 5.41 Å². The molecule has 1 aromatic heterocycles. The number of aromatic nitrogens is 1. The molecule has 2 aromatic rings. The van der Waals surface area contributed by atoms with E-state index in [1.807, 2.05) is 11.8 Å². The molecule has 27 heavy (non-hydrogen) atoms. The van der Waals surface area contributed by atoms with Gasteiger partial charge in [-0.2, -0.15) is 8.78 Å². The summed E-state index contributed by atoms with van der Waals surface area (Å²) in [5.41, 5.74) is 2.38. The predicted octanol–water partition coefficient (Wildman–Crippen LogP) is 4.75. The summed E-state index contributed by atoms with van der Waals surface area (Å²) in [6, 6.07) is 7.82. The van der Waals surface area contributed by atoms with Crippen LogP contribution in [0, 0.1) is 5.41 Å². The minimum Gasteiger partial charge on any atom is -0.433 e. The molecule has 1 saturated heterocycles. The van der Waals surface area contributed by atoms with Gasteiger partial charge in [0.05, 0.1) is 24.3 Å². The number of alkyl halides is 3. The second-order valence-corrected chi connectivity index (χ2v) is 6.45. The number of nitrogens with zero attached hydrogens (tertiary/aromatic N) is 2. The molecule has 0 aliphatic carbocycles. The van der Waals surface area contributed by atoms with E-state index in [9.17, 15) is 13.2 Å². The molecule has 0 atom stereocenters. The fourth-order valence-electron chi connectivity index (χ4n) is 2.86. The Morgan fingerprint density at radius 3 is 2.52 bits per heavy atom. The monoisotopic (exact) mass is 378 g/mol. The Morgan fingerprint density at radius 1 is 1.30 bits per heavy atom. The summed E-state index contributed by atoms with van der Waals surface area (Å²) < 4.78 is 43.6. The van der Waals surface area contributed by atoms with Gasteiger partial charge in [-0.1, -0.05) is 6.92 Å². The molecule has 0 bridgehead atoms. The molecule has 0 amide bonds. The van der Waals surface area contributed by atoms with Gasteiger partial charge in [0, 0.05) is 24.5 Å². The molecule has 1 aliphatic heterocycles. The van der Waals surface area contributed by atoms with Gasteiger partial charge in [-0.25, -0.2) is 9.37 Å². The number of anilines is 3. The minimum absolute atomic E-state index is 0.0471. The van der Waals surface area contributed by atoms with Crippen LogP contribution in [0.25, 0.3) is 0 Å². The van der Waals surface area contributed by atoms with Gasteiger partial charge in [0.2, 0.25) is 0 Å². The Bertz CT molecular complexity index is 815. The summed E-state index contributed by atoms with van der Waals surface area (Å²) in [4.78, 5) is 6.19. The Morgan fingerprint density at radius 2 is 1.96 bits per heavy atom. The summed E-state index contributed by atoms with van der Waals surface area (Å²) in [5.74, 6) is 0.516. The lowest BCUT2D eigenvalue weighted by Crippen LogP contribution is -2.49. The first kappa shape index (κ1) is 19.0. The Labute approximate surface area is 155 Å². The third-order valence-corrected chi connectivity index (χ3v) is 4.18. The summed E-state index contributed by atoms with van der Waals surface area (Å²) in [6.07, 6.45) is -2.01. The Kier molecular flexibility index (Phi) is 5.25. The largest absolute Gasteiger partial charge is 0.433 e. The highest BCUT2D eigenvalue weighted by molar-refractivity contribution is 6.07. The highest BCUT2D eigenvalue weighted by Crippen LogP contribution is 2.33. The van der Waals surface area contributed by atoms with Crippen LogP contribution in [0.15, 0.2) is 36.5 Å². The van der Waals surface area contributed by atoms with E-state index in [4.69, 9.17) is 5.41 Å². The average Bonchev–Trinajstić information content (AvgIpc) is 2.58. The summed E-state index contributed by atoms with van der Waals surface area (Å²) in [6.45, 7) is 3.14. The van der Waals surface area contributed by atoms with Crippen LogP contribution < -0.4 is 15.0 Å². The van der Waals surface area contributed by atoms with Crippen LogP contribution in [-0.4, -0.2) is 36.1 Å². The van der Waals surface area contributed by atoms with Crippen molar-refractivity contribution in [2.24, 2.45) is 0 Å². The van der Waals surface area contributed by atoms with Crippen molar-refractivity contribution in [3.05, 3.63) is 42.1 Å². The maximum atomic E-state index is 13.3. The second-order valence-electron chi connectivity index (χ2n) is 6.45. The van der Waals surface area contributed by atoms with E-state index in [-0.39, 0.29) is 5.75 Å². The minimum atomic E-state index is -3.25. The zero-order chi connectivity index (χ0) is 19.6. The van der Waals surface area contributed by atoms with Gasteiger partial charge in [0.1, 0.15) is 17.7 Å². The quantitative estimate of drug-likeness (QED) is 0.683. The molecule has 5 nitrogen and oxygen atoms in total. The Hall–Kier alpha value is -2.77. The summed E-state index contributed by atoms with van der Waals surface area (Å²) in [7, 11) is 0. The third-order valence-electron chi connectivity index (χ3n) is 4.18. The first-order valence-electron chi connectivity index (χ1n) is 8.66. The Balaban J connectivity index is 1.86. The fraction of sp³-hybridized carbons (Fsp3) is 0.368. The number of ether oxygens (including phenoxy) is 1. The molecule has 2 N–H and O–H groups in total. The smallest absolute Gasteiger partial charge is 0.394 e. The van der Waals surface area contributed by atoms with Gasteiger partial charge < -0.3 is 20.4 Å². The molecule has 2 heterocycles. The molecule has 1 fully saturated rings. The zero-order valence-corrected chi connectivity index (χ0v) is 15.1. The topological polar surface area (TPSA) is 61.2 Å². The molecule has 0 unspecified atom stereocenters. The first-order chi connectivity index (χ1) is 12.8. The van der Waals surface area contributed by atoms with Gasteiger partial charge in [0.25, 0.3) is 0 Å². The van der Waals surface area contributed by atoms with Crippen molar-refractivity contribution in [3.8, 4) is 5.75 Å². The SMILES string of the molecule is CCC(=N)c1c(N2CC(F)C2)ccnc1Nc1ccc(OC(C)(F)F)cc1. The van der Waals surface area contributed by atoms with E-state index in [1.165, 1.54) is 12.1 Å². The van der Waals surface area contributed by atoms with Crippen molar-refractivity contribution < 1.29 is 17.9 Å². The molecule has 3 rings (SSSR count). The van der Waals surface area contributed by atoms with E-state index >= 15 is 0 Å². The van der Waals surface area contributed by atoms with Gasteiger partial charge >= 0.3 is 6.11 Å². The second kappa shape index (κ2) is 7.46. The maximum absolute atomic E-state index is 13.3. The van der Waals surface area contributed by atoms with Crippen LogP contribution in [-0.2, 0) is 0 Å². The molecule has 1 aliphatic rings. The van der Waals surface area contributed by atoms with Crippen molar-refractivity contribution in [2.75, 3.05) is 23.3 Å². The van der Waals surface area contributed by atoms with Crippen LogP contribution in [0.3, 0.4) is 0 Å². The van der Waals surface area contributed by atoms with Gasteiger partial charge in [-0.3, -0.25) is 0 Å². The molecule has 0 spiro atoms. The van der Waals surface area contributed by atoms with E-state index in [2.05, 4.69) is 15.0 Å². The van der Waals surface area contributed by atoms with E-state index < -0.39 is 12.3 Å². The van der Waals surface area contributed by atoms with Crippen LogP contribution in [0.2, 0.25) is 0 Å². The molecule has 1 aromatic carbocycles. The van der Waals surface area contributed by atoms with Crippen molar-refractivity contribution >= 4 is 22.9 Å². The van der Waals surface area contributed by atoms with Gasteiger partial charge in [-0.15, -0.1) is 0 Å². The summed E-state index contributed by atoms with van der Waals surface area (Å²) >= 11 is 0. The molecule has 0 saturated carbocycles. The van der Waals surface area contributed by atoms with Gasteiger partial charge in [0.15, 0.2) is 0 Å². The van der Waals surface area contributed by atoms with E-state index in [0.717, 1.165) is 5.69 Å². The molecule has 8 heteroatoms. The van der Waals surface area contributed by atoms with Crippen LogP contribution in [0.1, 0.15) is 25.8 Å². The number of hydrogen-bond acceptors (Lipinski definition) is 5. The van der Waals surface area contributed by atoms with Crippen molar-refractivity contribution in [3.63, 3.8) is 0 Å². The van der Waals surface area contributed by atoms with Crippen molar-refractivity contribution in [1.82, 2.24) is 4.98 Å². The third kappa shape index (κ3) is 4.50. The lowest BCUT2D eigenvalue weighted by atomic mass is 10.0. The fourth-order valence-corrected chi connectivity index (χ4v) is 2.86. The normalized spacial score (nSPS) is 14.6. The average molecular weight is 378 g/mol. The number of pyridine rings is 1. The lowest BCUT2D eigenvalue weighted by Gasteiger charge is -2.38. The predicted molar refractivity (Wildman–Crippen MR) is 99.4 cm³/mol. The number of hydrogen-bond donors (Lipinski definition) is 2. The maximum Gasteiger partial charge on any atom is 0.394 e. The number of rotatable bonds is 7. The highest BCUT2D eigenvalue weighted by Gasteiger charge is 2.30. The lowest BCUT2D eigenvalue weighted by molar-refractivity contribution is -0.158. The molecule has 144 valence electrons. The van der Waals surface area contributed by atoms with E-state index in [0.29, 0.717) is 49.2 Å². The zero-order valence-electron chi connectivity index (χ0n) is 15.1. The van der Waals surface area contributed by atoms with Crippen LogP contribution >= 0.6 is 0 Å². The van der Waals surface area contributed by atoms with Gasteiger partial charge in [-0.05, 0) is 36.8 Å². The van der Waals surface area contributed by atoms with Crippen LogP contribution in [0.4, 0.5) is 30.4 Å².